The summed E-state index contributed by atoms with van der Waals surface area (Å²) in [6, 6.07) is 115. The van der Waals surface area contributed by atoms with Crippen LogP contribution in [-0.4, -0.2) is 9.13 Å². The second-order valence-corrected chi connectivity index (χ2v) is 22.5. The smallest absolute Gasteiger partial charge is 0.0570 e. The standard InChI is InChI=1S/C82H58N4/c1-55-75-51-59(39-49-77(75)85(81(55)57-23-7-3-8-24-57)67-45-41-65(42-46-67)83(63-29-11-5-12-30-63)79-53-61-27-15-17-33-69(61)71-35-19-21-37-73(71)79)60-40-50-78-76(52-60)56(2)82(58-25-9-4-10-26-58)86(78)68-47-43-66(44-48-68)84(64-31-13-6-14-32-64)80-54-62-28-16-18-34-70(62)72-36-20-22-38-74(72)80/h3-54H,1-2H3. The number of hydrogen-bond acceptors (Lipinski definition) is 2. The Balaban J connectivity index is 0.800. The molecule has 0 saturated carbocycles. The van der Waals surface area contributed by atoms with Gasteiger partial charge in [-0.1, -0.05) is 206 Å². The van der Waals surface area contributed by atoms with Crippen molar-refractivity contribution in [2.24, 2.45) is 0 Å². The average molecular weight is 1100 g/mol. The van der Waals surface area contributed by atoms with Crippen molar-refractivity contribution in [1.29, 1.82) is 0 Å². The molecule has 0 saturated heterocycles. The fraction of sp³-hybridized carbons (Fsp3) is 0.0244. The molecule has 0 radical (unpaired) electrons. The third-order valence-electron chi connectivity index (χ3n) is 17.6. The van der Waals surface area contributed by atoms with Crippen molar-refractivity contribution in [1.82, 2.24) is 9.13 Å². The topological polar surface area (TPSA) is 16.3 Å². The molecule has 0 aliphatic heterocycles. The lowest BCUT2D eigenvalue weighted by atomic mass is 9.99. The molecule has 14 aromatic carbocycles. The summed E-state index contributed by atoms with van der Waals surface area (Å²) >= 11 is 0. The number of aromatic nitrogens is 2. The lowest BCUT2D eigenvalue weighted by Crippen LogP contribution is -2.11. The molecule has 16 rings (SSSR count). The van der Waals surface area contributed by atoms with Gasteiger partial charge in [0, 0.05) is 55.7 Å². The van der Waals surface area contributed by atoms with Crippen LogP contribution >= 0.6 is 0 Å². The molecule has 0 N–H and O–H groups in total. The highest BCUT2D eigenvalue weighted by molar-refractivity contribution is 6.16. The molecule has 0 unspecified atom stereocenters. The first kappa shape index (κ1) is 50.5. The van der Waals surface area contributed by atoms with Gasteiger partial charge in [-0.05, 0) is 189 Å². The number of anilines is 6. The van der Waals surface area contributed by atoms with Gasteiger partial charge >= 0.3 is 0 Å². The van der Waals surface area contributed by atoms with Crippen molar-refractivity contribution in [2.75, 3.05) is 9.80 Å². The first-order chi connectivity index (χ1) is 42.5. The van der Waals surface area contributed by atoms with Gasteiger partial charge in [0.2, 0.25) is 0 Å². The fourth-order valence-electron chi connectivity index (χ4n) is 13.6. The average Bonchev–Trinajstić information content (AvgIpc) is 1.70. The summed E-state index contributed by atoms with van der Waals surface area (Å²) in [6.07, 6.45) is 0. The van der Waals surface area contributed by atoms with Crippen LogP contribution in [0.25, 0.3) is 110 Å². The van der Waals surface area contributed by atoms with Crippen LogP contribution in [0.1, 0.15) is 11.1 Å². The monoisotopic (exact) mass is 1100 g/mol. The van der Waals surface area contributed by atoms with Crippen LogP contribution in [0.5, 0.6) is 0 Å². The van der Waals surface area contributed by atoms with E-state index in [0.717, 1.165) is 56.5 Å². The normalized spacial score (nSPS) is 11.6. The molecule has 0 atom stereocenters. The van der Waals surface area contributed by atoms with Crippen LogP contribution in [0.3, 0.4) is 0 Å². The maximum Gasteiger partial charge on any atom is 0.0570 e. The zero-order valence-corrected chi connectivity index (χ0v) is 47.8. The number of nitrogens with zero attached hydrogens (tertiary/aromatic N) is 4. The summed E-state index contributed by atoms with van der Waals surface area (Å²) in [7, 11) is 0. The maximum atomic E-state index is 2.46. The molecule has 4 heteroatoms. The van der Waals surface area contributed by atoms with Gasteiger partial charge in [0.1, 0.15) is 0 Å². The van der Waals surface area contributed by atoms with E-state index < -0.39 is 0 Å². The minimum Gasteiger partial charge on any atom is -0.310 e. The summed E-state index contributed by atoms with van der Waals surface area (Å²) in [4.78, 5) is 4.81. The molecule has 0 aliphatic rings. The predicted molar refractivity (Wildman–Crippen MR) is 365 cm³/mol. The van der Waals surface area contributed by atoms with E-state index in [0.29, 0.717) is 0 Å². The number of para-hydroxylation sites is 2. The molecule has 0 aliphatic carbocycles. The number of benzene rings is 14. The van der Waals surface area contributed by atoms with Crippen LogP contribution in [0.15, 0.2) is 315 Å². The molecule has 406 valence electrons. The molecule has 86 heavy (non-hydrogen) atoms. The van der Waals surface area contributed by atoms with Gasteiger partial charge in [0.05, 0.1) is 33.8 Å². The van der Waals surface area contributed by atoms with Crippen molar-refractivity contribution in [3.63, 3.8) is 0 Å². The zero-order valence-electron chi connectivity index (χ0n) is 47.8. The largest absolute Gasteiger partial charge is 0.310 e. The minimum atomic E-state index is 1.09. The Labute approximate surface area is 500 Å². The van der Waals surface area contributed by atoms with E-state index in [2.05, 4.69) is 348 Å². The first-order valence-electron chi connectivity index (χ1n) is 29.7. The second kappa shape index (κ2) is 20.9. The van der Waals surface area contributed by atoms with Crippen LogP contribution in [0, 0.1) is 13.8 Å². The summed E-state index contributed by atoms with van der Waals surface area (Å²) in [6.45, 7) is 4.57. The van der Waals surface area contributed by atoms with Crippen molar-refractivity contribution in [3.8, 4) is 45.0 Å². The summed E-state index contributed by atoms with van der Waals surface area (Å²) < 4.78 is 4.92. The van der Waals surface area contributed by atoms with Crippen LogP contribution < -0.4 is 9.80 Å². The van der Waals surface area contributed by atoms with Crippen molar-refractivity contribution >= 4 is 99.0 Å². The Morgan fingerprint density at radius 2 is 0.547 bits per heavy atom. The highest BCUT2D eigenvalue weighted by Crippen LogP contribution is 2.47. The van der Waals surface area contributed by atoms with E-state index in [9.17, 15) is 0 Å². The van der Waals surface area contributed by atoms with Crippen molar-refractivity contribution in [3.05, 3.63) is 327 Å². The molecule has 4 nitrogen and oxygen atoms in total. The van der Waals surface area contributed by atoms with E-state index in [1.54, 1.807) is 0 Å². The van der Waals surface area contributed by atoms with Gasteiger partial charge in [-0.25, -0.2) is 0 Å². The van der Waals surface area contributed by atoms with Gasteiger partial charge in [-0.2, -0.15) is 0 Å². The Hall–Kier alpha value is -11.2. The Kier molecular flexibility index (Phi) is 12.3. The van der Waals surface area contributed by atoms with E-state index in [-0.39, 0.29) is 0 Å². The minimum absolute atomic E-state index is 1.09. The van der Waals surface area contributed by atoms with Crippen molar-refractivity contribution < 1.29 is 0 Å². The molecule has 0 fully saturated rings. The molecular weight excluding hydrogens is 1040 g/mol. The highest BCUT2D eigenvalue weighted by Gasteiger charge is 2.24. The lowest BCUT2D eigenvalue weighted by molar-refractivity contribution is 1.12. The zero-order chi connectivity index (χ0) is 57.2. The van der Waals surface area contributed by atoms with E-state index >= 15 is 0 Å². The van der Waals surface area contributed by atoms with E-state index in [4.69, 9.17) is 0 Å². The first-order valence-corrected chi connectivity index (χ1v) is 29.7. The van der Waals surface area contributed by atoms with E-state index in [1.807, 2.05) is 0 Å². The molecular formula is C82H58N4. The van der Waals surface area contributed by atoms with Gasteiger partial charge in [0.15, 0.2) is 0 Å². The quantitative estimate of drug-likeness (QED) is 0.120. The predicted octanol–water partition coefficient (Wildman–Crippen LogP) is 22.7. The number of aryl methyl sites for hydroxylation is 2. The number of hydrogen-bond donors (Lipinski definition) is 0. The van der Waals surface area contributed by atoms with Crippen molar-refractivity contribution in [2.45, 2.75) is 13.8 Å². The fourth-order valence-corrected chi connectivity index (χ4v) is 13.6. The highest BCUT2D eigenvalue weighted by atomic mass is 15.2. The Morgan fingerprint density at radius 1 is 0.233 bits per heavy atom. The maximum absolute atomic E-state index is 2.46. The van der Waals surface area contributed by atoms with Gasteiger partial charge < -0.3 is 18.9 Å². The van der Waals surface area contributed by atoms with Crippen LogP contribution in [0.4, 0.5) is 34.1 Å². The molecule has 2 heterocycles. The molecule has 16 aromatic rings. The second-order valence-electron chi connectivity index (χ2n) is 22.5. The molecule has 0 spiro atoms. The Morgan fingerprint density at radius 3 is 0.930 bits per heavy atom. The van der Waals surface area contributed by atoms with Gasteiger partial charge in [0.25, 0.3) is 0 Å². The molecule has 2 aromatic heterocycles. The summed E-state index contributed by atoms with van der Waals surface area (Å²) in [5.41, 5.74) is 20.8. The van der Waals surface area contributed by atoms with Gasteiger partial charge in [-0.3, -0.25) is 0 Å². The third-order valence-corrected chi connectivity index (χ3v) is 17.6. The molecule has 0 bridgehead atoms. The number of rotatable bonds is 11. The summed E-state index contributed by atoms with van der Waals surface area (Å²) in [5.74, 6) is 0. The lowest BCUT2D eigenvalue weighted by Gasteiger charge is -2.28. The van der Waals surface area contributed by atoms with Crippen LogP contribution in [0.2, 0.25) is 0 Å². The third kappa shape index (κ3) is 8.45. The Bertz CT molecular complexity index is 4890. The molecule has 0 amide bonds. The number of fused-ring (bicyclic) bond motifs is 8. The summed E-state index contributed by atoms with van der Waals surface area (Å²) in [5, 5.41) is 12.3. The van der Waals surface area contributed by atoms with E-state index in [1.165, 1.54) is 98.6 Å². The van der Waals surface area contributed by atoms with Crippen LogP contribution in [-0.2, 0) is 0 Å². The SMILES string of the molecule is Cc1c(-c2ccccc2)n(-c2ccc(N(c3ccccc3)c3cc4ccccc4c4ccccc34)cc2)c2ccc(-c3ccc4c(c3)c(C)c(-c3ccccc3)n4-c3ccc(N(c4ccccc4)c4cc5ccccc5c5ccccc45)cc3)cc12. The van der Waals surface area contributed by atoms with Gasteiger partial charge in [-0.15, -0.1) is 0 Å².